The number of aromatic nitrogens is 1. The average molecular weight is 473 g/mol. The third-order valence-electron chi connectivity index (χ3n) is 5.39. The van der Waals surface area contributed by atoms with E-state index in [-0.39, 0.29) is 11.9 Å². The Kier molecular flexibility index (Phi) is 6.06. The van der Waals surface area contributed by atoms with E-state index in [1.165, 1.54) is 17.0 Å². The quantitative estimate of drug-likeness (QED) is 0.530. The molecule has 5 nitrogen and oxygen atoms in total. The molecule has 1 aliphatic rings. The number of hydrogen-bond donors (Lipinski definition) is 2. The zero-order chi connectivity index (χ0) is 20.4. The highest BCUT2D eigenvalue weighted by Crippen LogP contribution is 2.29. The normalized spacial score (nSPS) is 19.1. The maximum Gasteiger partial charge on any atom is 0.261 e. The van der Waals surface area contributed by atoms with Crippen molar-refractivity contribution < 1.29 is 4.79 Å². The molecule has 2 heterocycles. The Labute approximate surface area is 183 Å². The highest BCUT2D eigenvalue weighted by atomic mass is 79.9. The lowest BCUT2D eigenvalue weighted by Gasteiger charge is -2.30. The molecule has 3 aromatic rings. The van der Waals surface area contributed by atoms with Crippen LogP contribution in [-0.2, 0) is 0 Å². The van der Waals surface area contributed by atoms with Crippen molar-refractivity contribution in [1.29, 1.82) is 0 Å². The maximum atomic E-state index is 12.4. The molecule has 1 aromatic carbocycles. The molecule has 1 fully saturated rings. The van der Waals surface area contributed by atoms with E-state index >= 15 is 0 Å². The van der Waals surface area contributed by atoms with Gasteiger partial charge in [-0.2, -0.15) is 0 Å². The number of benzene rings is 1. The van der Waals surface area contributed by atoms with Crippen molar-refractivity contribution in [3.63, 3.8) is 0 Å². The summed E-state index contributed by atoms with van der Waals surface area (Å²) in [6.45, 7) is 0. The van der Waals surface area contributed by atoms with Crippen LogP contribution in [0.1, 0.15) is 35.4 Å². The van der Waals surface area contributed by atoms with Gasteiger partial charge >= 0.3 is 0 Å². The van der Waals surface area contributed by atoms with Crippen molar-refractivity contribution in [3.05, 3.63) is 51.1 Å². The number of carbonyl (C=O) groups excluding carboxylic acids is 1. The molecule has 29 heavy (non-hydrogen) atoms. The van der Waals surface area contributed by atoms with Gasteiger partial charge < -0.3 is 15.5 Å². The number of carbonyl (C=O) groups is 1. The van der Waals surface area contributed by atoms with Gasteiger partial charge in [0.2, 0.25) is 0 Å². The molecule has 0 spiro atoms. The summed E-state index contributed by atoms with van der Waals surface area (Å²) in [5.41, 5.74) is 2.17. The Hall–Kier alpha value is -2.12. The number of nitrogens with one attached hydrogen (secondary N) is 2. The van der Waals surface area contributed by atoms with Crippen LogP contribution in [0.4, 0.5) is 11.5 Å². The predicted molar refractivity (Wildman–Crippen MR) is 125 cm³/mol. The van der Waals surface area contributed by atoms with Gasteiger partial charge in [0.05, 0.1) is 14.2 Å². The summed E-state index contributed by atoms with van der Waals surface area (Å²) in [5.74, 6) is 0.951. The van der Waals surface area contributed by atoms with Crippen LogP contribution in [0.25, 0.3) is 10.9 Å². The molecule has 0 unspecified atom stereocenters. The molecule has 7 heteroatoms. The highest BCUT2D eigenvalue weighted by molar-refractivity contribution is 9.11. The second-order valence-corrected chi connectivity index (χ2v) is 10.2. The zero-order valence-corrected chi connectivity index (χ0v) is 19.0. The molecule has 2 N–H and O–H groups in total. The maximum absolute atomic E-state index is 12.4. The van der Waals surface area contributed by atoms with E-state index in [1.54, 1.807) is 0 Å². The second kappa shape index (κ2) is 8.71. The molecule has 0 aliphatic heterocycles. The van der Waals surface area contributed by atoms with Crippen molar-refractivity contribution in [1.82, 2.24) is 10.3 Å². The molecule has 0 radical (unpaired) electrons. The van der Waals surface area contributed by atoms with E-state index < -0.39 is 0 Å². The van der Waals surface area contributed by atoms with Gasteiger partial charge in [0, 0.05) is 43.3 Å². The number of rotatable bonds is 5. The topological polar surface area (TPSA) is 57.3 Å². The monoisotopic (exact) mass is 472 g/mol. The molecule has 0 atom stereocenters. The first kappa shape index (κ1) is 20.2. The number of anilines is 2. The van der Waals surface area contributed by atoms with Crippen LogP contribution in [0.2, 0.25) is 0 Å². The second-order valence-electron chi connectivity index (χ2n) is 7.71. The largest absolute Gasteiger partial charge is 0.377 e. The molecule has 1 saturated carbocycles. The summed E-state index contributed by atoms with van der Waals surface area (Å²) >= 11 is 4.89. The van der Waals surface area contributed by atoms with E-state index in [2.05, 4.69) is 69.8 Å². The molecule has 4 rings (SSSR count). The first-order valence-electron chi connectivity index (χ1n) is 9.89. The number of amides is 1. The number of hydrogen-bond acceptors (Lipinski definition) is 5. The van der Waals surface area contributed by atoms with Gasteiger partial charge in [-0.3, -0.25) is 4.79 Å². The van der Waals surface area contributed by atoms with Gasteiger partial charge in [0.25, 0.3) is 5.91 Å². The summed E-state index contributed by atoms with van der Waals surface area (Å²) < 4.78 is 0.982. The standard InChI is InChI=1S/C22H25BrN4OS/c1-27(2)18-13-21(26-17-6-4-3-5-16(17)18)24-14-7-9-15(10-8-14)25-22(28)19-11-12-20(23)29-19/h3-6,11-15H,7-10H2,1-2H3,(H,24,26)(H,25,28)/t14-,15+. The SMILES string of the molecule is CN(C)c1cc(N[C@H]2CC[C@@H](NC(=O)c3ccc(Br)s3)CC2)nc2ccccc12. The fourth-order valence-electron chi connectivity index (χ4n) is 3.89. The van der Waals surface area contributed by atoms with E-state index in [0.29, 0.717) is 6.04 Å². The summed E-state index contributed by atoms with van der Waals surface area (Å²) in [7, 11) is 4.12. The lowest BCUT2D eigenvalue weighted by molar-refractivity contribution is 0.0930. The van der Waals surface area contributed by atoms with Gasteiger partial charge in [-0.25, -0.2) is 4.98 Å². The van der Waals surface area contributed by atoms with Gasteiger partial charge in [0.1, 0.15) is 5.82 Å². The lowest BCUT2D eigenvalue weighted by atomic mass is 9.91. The number of para-hydroxylation sites is 1. The summed E-state index contributed by atoms with van der Waals surface area (Å²) in [6.07, 6.45) is 3.99. The molecular formula is C22H25BrN4OS. The minimum Gasteiger partial charge on any atom is -0.377 e. The van der Waals surface area contributed by atoms with Crippen molar-refractivity contribution in [3.8, 4) is 0 Å². The van der Waals surface area contributed by atoms with Gasteiger partial charge in [0.15, 0.2) is 0 Å². The highest BCUT2D eigenvalue weighted by Gasteiger charge is 2.23. The Morgan fingerprint density at radius 2 is 1.83 bits per heavy atom. The number of pyridine rings is 1. The lowest BCUT2D eigenvalue weighted by Crippen LogP contribution is -2.40. The third-order valence-corrected chi connectivity index (χ3v) is 7.01. The number of thiophene rings is 1. The fourth-order valence-corrected chi connectivity index (χ4v) is 5.17. The molecule has 1 amide bonds. The van der Waals surface area contributed by atoms with Crippen molar-refractivity contribution >= 4 is 55.6 Å². The van der Waals surface area contributed by atoms with Crippen molar-refractivity contribution in [2.45, 2.75) is 37.8 Å². The van der Waals surface area contributed by atoms with Crippen molar-refractivity contribution in [2.75, 3.05) is 24.3 Å². The molecule has 1 aliphatic carbocycles. The molecule has 2 aromatic heterocycles. The molecule has 0 bridgehead atoms. The van der Waals surface area contributed by atoms with E-state index in [0.717, 1.165) is 51.1 Å². The molecular weight excluding hydrogens is 448 g/mol. The van der Waals surface area contributed by atoms with Crippen molar-refractivity contribution in [2.24, 2.45) is 0 Å². The van der Waals surface area contributed by atoms with Crippen LogP contribution in [0, 0.1) is 0 Å². The zero-order valence-electron chi connectivity index (χ0n) is 16.6. The molecule has 0 saturated heterocycles. The predicted octanol–water partition coefficient (Wildman–Crippen LogP) is 5.28. The fraction of sp³-hybridized carbons (Fsp3) is 0.364. The van der Waals surface area contributed by atoms with Crippen LogP contribution < -0.4 is 15.5 Å². The Morgan fingerprint density at radius 1 is 1.10 bits per heavy atom. The van der Waals surface area contributed by atoms with E-state index in [4.69, 9.17) is 4.98 Å². The minimum absolute atomic E-state index is 0.0314. The van der Waals surface area contributed by atoms with Crippen LogP contribution in [-0.4, -0.2) is 37.1 Å². The summed E-state index contributed by atoms with van der Waals surface area (Å²) in [5, 5.41) is 7.97. The first-order valence-corrected chi connectivity index (χ1v) is 11.5. The first-order chi connectivity index (χ1) is 14.0. The molecule has 152 valence electrons. The number of nitrogens with zero attached hydrogens (tertiary/aromatic N) is 2. The Bertz CT molecular complexity index is 1010. The van der Waals surface area contributed by atoms with Gasteiger partial charge in [-0.15, -0.1) is 11.3 Å². The summed E-state index contributed by atoms with van der Waals surface area (Å²) in [4.78, 5) is 20.1. The third kappa shape index (κ3) is 4.73. The number of halogens is 1. The van der Waals surface area contributed by atoms with E-state index in [1.807, 2.05) is 18.2 Å². The van der Waals surface area contributed by atoms with Crippen LogP contribution in [0.15, 0.2) is 46.3 Å². The van der Waals surface area contributed by atoms with Crippen LogP contribution >= 0.6 is 27.3 Å². The van der Waals surface area contributed by atoms with Crippen LogP contribution in [0.3, 0.4) is 0 Å². The Balaban J connectivity index is 1.38. The Morgan fingerprint density at radius 3 is 2.52 bits per heavy atom. The van der Waals surface area contributed by atoms with Crippen LogP contribution in [0.5, 0.6) is 0 Å². The van der Waals surface area contributed by atoms with E-state index in [9.17, 15) is 4.79 Å². The van der Waals surface area contributed by atoms with Gasteiger partial charge in [-0.1, -0.05) is 18.2 Å². The van der Waals surface area contributed by atoms with Gasteiger partial charge in [-0.05, 0) is 59.8 Å². The minimum atomic E-state index is 0.0314. The smallest absolute Gasteiger partial charge is 0.261 e. The average Bonchev–Trinajstić information content (AvgIpc) is 3.15. The number of fused-ring (bicyclic) bond motifs is 1. The summed E-state index contributed by atoms with van der Waals surface area (Å²) in [6, 6.07) is 14.8.